The van der Waals surface area contributed by atoms with Crippen LogP contribution in [0.4, 0.5) is 5.69 Å². The Bertz CT molecular complexity index is 739. The van der Waals surface area contributed by atoms with Crippen LogP contribution in [0.1, 0.15) is 22.2 Å². The third kappa shape index (κ3) is 3.34. The molecule has 0 radical (unpaired) electrons. The molecule has 3 aromatic rings. The van der Waals surface area contributed by atoms with Gasteiger partial charge in [0.15, 0.2) is 0 Å². The number of thiophene rings is 1. The summed E-state index contributed by atoms with van der Waals surface area (Å²) >= 11 is 11.2. The van der Waals surface area contributed by atoms with Gasteiger partial charge in [-0.2, -0.15) is 0 Å². The first kappa shape index (κ1) is 14.7. The van der Waals surface area contributed by atoms with Crippen LogP contribution in [0.15, 0.2) is 57.6 Å². The molecule has 0 amide bonds. The molecule has 1 aromatic carbocycles. The molecule has 2 nitrogen and oxygen atoms in total. The summed E-state index contributed by atoms with van der Waals surface area (Å²) < 4.78 is 7.43. The Hall–Kier alpha value is -1.23. The van der Waals surface area contributed by atoms with Crippen molar-refractivity contribution in [2.75, 3.05) is 5.32 Å². The molecular formula is C16H13BrClNOS. The van der Waals surface area contributed by atoms with E-state index in [0.717, 1.165) is 25.1 Å². The molecule has 0 saturated heterocycles. The summed E-state index contributed by atoms with van der Waals surface area (Å²) in [4.78, 5) is 1.12. The second kappa shape index (κ2) is 6.26. The summed E-state index contributed by atoms with van der Waals surface area (Å²) in [6.45, 7) is 2.07. The summed E-state index contributed by atoms with van der Waals surface area (Å²) in [6.07, 6.45) is 1.68. The smallest absolute Gasteiger partial charge is 0.131 e. The average Bonchev–Trinajstić information content (AvgIpc) is 3.11. The lowest BCUT2D eigenvalue weighted by atomic mass is 10.1. The topological polar surface area (TPSA) is 25.2 Å². The maximum absolute atomic E-state index is 6.07. The number of anilines is 1. The fraction of sp³-hybridized carbons (Fsp3) is 0.125. The van der Waals surface area contributed by atoms with E-state index in [1.807, 2.05) is 24.3 Å². The Balaban J connectivity index is 1.94. The molecule has 0 aliphatic rings. The van der Waals surface area contributed by atoms with Gasteiger partial charge in [-0.15, -0.1) is 11.3 Å². The molecule has 0 saturated carbocycles. The molecular weight excluding hydrogens is 370 g/mol. The standard InChI is InChI=1S/C16H13BrClNOS/c1-10-4-5-11(9-12(10)17)19-16(13-3-2-8-20-13)14-6-7-15(18)21-14/h2-9,16,19H,1H3. The first-order chi connectivity index (χ1) is 10.1. The van der Waals surface area contributed by atoms with E-state index in [0.29, 0.717) is 0 Å². The molecule has 2 aromatic heterocycles. The number of hydrogen-bond donors (Lipinski definition) is 1. The van der Waals surface area contributed by atoms with Gasteiger partial charge in [0.05, 0.1) is 10.6 Å². The third-order valence-electron chi connectivity index (χ3n) is 3.19. The first-order valence-electron chi connectivity index (χ1n) is 6.45. The molecule has 1 N–H and O–H groups in total. The van der Waals surface area contributed by atoms with Crippen LogP contribution in [0.25, 0.3) is 0 Å². The quantitative estimate of drug-likeness (QED) is 0.575. The van der Waals surface area contributed by atoms with Crippen LogP contribution in [0, 0.1) is 6.92 Å². The minimum absolute atomic E-state index is 0.0490. The molecule has 108 valence electrons. The van der Waals surface area contributed by atoms with E-state index in [-0.39, 0.29) is 6.04 Å². The van der Waals surface area contributed by atoms with Gasteiger partial charge in [-0.1, -0.05) is 33.6 Å². The highest BCUT2D eigenvalue weighted by atomic mass is 79.9. The van der Waals surface area contributed by atoms with Crippen LogP contribution in [0.3, 0.4) is 0 Å². The summed E-state index contributed by atoms with van der Waals surface area (Å²) in [6, 6.07) is 13.9. The van der Waals surface area contributed by atoms with E-state index >= 15 is 0 Å². The average molecular weight is 383 g/mol. The van der Waals surface area contributed by atoms with Crippen LogP contribution in [-0.2, 0) is 0 Å². The fourth-order valence-corrected chi connectivity index (χ4v) is 3.57. The highest BCUT2D eigenvalue weighted by Crippen LogP contribution is 2.34. The number of benzene rings is 1. The summed E-state index contributed by atoms with van der Waals surface area (Å²) in [5.41, 5.74) is 2.23. The van der Waals surface area contributed by atoms with Gasteiger partial charge in [-0.25, -0.2) is 0 Å². The molecule has 1 atom stereocenters. The molecule has 1 unspecified atom stereocenters. The molecule has 0 bridgehead atoms. The Morgan fingerprint density at radius 1 is 1.24 bits per heavy atom. The Kier molecular flexibility index (Phi) is 4.38. The summed E-state index contributed by atoms with van der Waals surface area (Å²) in [5.74, 6) is 0.866. The molecule has 2 heterocycles. The van der Waals surface area contributed by atoms with Crippen molar-refractivity contribution >= 4 is 44.6 Å². The first-order valence-corrected chi connectivity index (χ1v) is 8.43. The van der Waals surface area contributed by atoms with Crippen molar-refractivity contribution in [2.24, 2.45) is 0 Å². The maximum atomic E-state index is 6.07. The normalized spacial score (nSPS) is 12.3. The van der Waals surface area contributed by atoms with E-state index < -0.39 is 0 Å². The lowest BCUT2D eigenvalue weighted by Gasteiger charge is -2.17. The van der Waals surface area contributed by atoms with Gasteiger partial charge in [0.1, 0.15) is 11.8 Å². The summed E-state index contributed by atoms with van der Waals surface area (Å²) in [5, 5.41) is 3.51. The van der Waals surface area contributed by atoms with Crippen LogP contribution in [0.2, 0.25) is 4.34 Å². The molecule has 0 spiro atoms. The molecule has 21 heavy (non-hydrogen) atoms. The number of nitrogens with one attached hydrogen (secondary N) is 1. The largest absolute Gasteiger partial charge is 0.467 e. The van der Waals surface area contributed by atoms with E-state index in [1.54, 1.807) is 17.6 Å². The number of aryl methyl sites for hydroxylation is 1. The van der Waals surface area contributed by atoms with Crippen molar-refractivity contribution in [1.29, 1.82) is 0 Å². The van der Waals surface area contributed by atoms with Crippen molar-refractivity contribution in [3.63, 3.8) is 0 Å². The van der Waals surface area contributed by atoms with Gasteiger partial charge >= 0.3 is 0 Å². The number of furan rings is 1. The van der Waals surface area contributed by atoms with Crippen LogP contribution in [0.5, 0.6) is 0 Å². The number of hydrogen-bond acceptors (Lipinski definition) is 3. The number of rotatable bonds is 4. The Morgan fingerprint density at radius 3 is 2.71 bits per heavy atom. The highest BCUT2D eigenvalue weighted by molar-refractivity contribution is 9.10. The van der Waals surface area contributed by atoms with Crippen LogP contribution < -0.4 is 5.32 Å². The third-order valence-corrected chi connectivity index (χ3v) is 5.34. The van der Waals surface area contributed by atoms with E-state index in [2.05, 4.69) is 46.4 Å². The number of halogens is 2. The summed E-state index contributed by atoms with van der Waals surface area (Å²) in [7, 11) is 0. The molecule has 3 rings (SSSR count). The zero-order chi connectivity index (χ0) is 14.8. The van der Waals surface area contributed by atoms with Crippen LogP contribution >= 0.6 is 38.9 Å². The van der Waals surface area contributed by atoms with Crippen molar-refractivity contribution in [3.05, 3.63) is 73.7 Å². The molecule has 5 heteroatoms. The van der Waals surface area contributed by atoms with Gasteiger partial charge in [-0.05, 0) is 48.9 Å². The minimum atomic E-state index is -0.0490. The maximum Gasteiger partial charge on any atom is 0.131 e. The Labute approximate surface area is 140 Å². The predicted octanol–water partition coefficient (Wildman–Crippen LogP) is 6.27. The Morgan fingerprint density at radius 2 is 2.10 bits per heavy atom. The lowest BCUT2D eigenvalue weighted by molar-refractivity contribution is 0.501. The second-order valence-electron chi connectivity index (χ2n) is 4.70. The SMILES string of the molecule is Cc1ccc(NC(c2ccco2)c2ccc(Cl)s2)cc1Br. The van der Waals surface area contributed by atoms with Gasteiger partial charge in [-0.3, -0.25) is 0 Å². The second-order valence-corrected chi connectivity index (χ2v) is 7.30. The van der Waals surface area contributed by atoms with Gasteiger partial charge in [0.2, 0.25) is 0 Å². The van der Waals surface area contributed by atoms with Gasteiger partial charge in [0, 0.05) is 15.0 Å². The minimum Gasteiger partial charge on any atom is -0.467 e. The van der Waals surface area contributed by atoms with Crippen LogP contribution in [-0.4, -0.2) is 0 Å². The van der Waals surface area contributed by atoms with Crippen molar-refractivity contribution < 1.29 is 4.42 Å². The zero-order valence-electron chi connectivity index (χ0n) is 11.3. The molecule has 0 aliphatic carbocycles. The zero-order valence-corrected chi connectivity index (χ0v) is 14.4. The van der Waals surface area contributed by atoms with Crippen molar-refractivity contribution in [3.8, 4) is 0 Å². The van der Waals surface area contributed by atoms with E-state index in [4.69, 9.17) is 16.0 Å². The van der Waals surface area contributed by atoms with Gasteiger partial charge < -0.3 is 9.73 Å². The van der Waals surface area contributed by atoms with Gasteiger partial charge in [0.25, 0.3) is 0 Å². The molecule has 0 fully saturated rings. The highest BCUT2D eigenvalue weighted by Gasteiger charge is 2.19. The fourth-order valence-electron chi connectivity index (χ4n) is 2.07. The molecule has 0 aliphatic heterocycles. The van der Waals surface area contributed by atoms with E-state index in [1.165, 1.54) is 5.56 Å². The van der Waals surface area contributed by atoms with Crippen molar-refractivity contribution in [1.82, 2.24) is 0 Å². The van der Waals surface area contributed by atoms with E-state index in [9.17, 15) is 0 Å². The monoisotopic (exact) mass is 381 g/mol. The van der Waals surface area contributed by atoms with Crippen molar-refractivity contribution in [2.45, 2.75) is 13.0 Å². The lowest BCUT2D eigenvalue weighted by Crippen LogP contribution is -2.10. The predicted molar refractivity (Wildman–Crippen MR) is 92.4 cm³/mol.